The van der Waals surface area contributed by atoms with Gasteiger partial charge in [0.25, 0.3) is 0 Å². The number of hydrogen-bond donors (Lipinski definition) is 5. The maximum atomic E-state index is 13.7. The molecule has 0 aromatic heterocycles. The van der Waals surface area contributed by atoms with Crippen LogP contribution in [-0.2, 0) is 38.6 Å². The van der Waals surface area contributed by atoms with E-state index in [2.05, 4.69) is 10.6 Å². The Morgan fingerprint density at radius 2 is 1.72 bits per heavy atom. The van der Waals surface area contributed by atoms with Gasteiger partial charge in [0.2, 0.25) is 17.7 Å². The van der Waals surface area contributed by atoms with Gasteiger partial charge in [-0.3, -0.25) is 14.4 Å². The van der Waals surface area contributed by atoms with Crippen LogP contribution >= 0.6 is 0 Å². The van der Waals surface area contributed by atoms with E-state index < -0.39 is 35.9 Å². The molecule has 0 fully saturated rings. The predicted octanol–water partition coefficient (Wildman–Crippen LogP) is 1.71. The molecule has 0 spiro atoms. The van der Waals surface area contributed by atoms with Gasteiger partial charge in [0.05, 0.1) is 6.04 Å². The maximum absolute atomic E-state index is 13.7. The summed E-state index contributed by atoms with van der Waals surface area (Å²) in [4.78, 5) is 51.5. The number of carbonyl (C=O) groups is 4. The van der Waals surface area contributed by atoms with Gasteiger partial charge in [0, 0.05) is 26.4 Å². The first-order valence-electron chi connectivity index (χ1n) is 13.2. The highest BCUT2D eigenvalue weighted by Gasteiger charge is 2.38. The Kier molecular flexibility index (Phi) is 10.1. The fourth-order valence-electron chi connectivity index (χ4n) is 5.06. The highest BCUT2D eigenvalue weighted by Crippen LogP contribution is 2.26. The van der Waals surface area contributed by atoms with Crippen LogP contribution in [0.4, 0.5) is 0 Å². The van der Waals surface area contributed by atoms with Crippen LogP contribution in [0.25, 0.3) is 0 Å². The first-order valence-corrected chi connectivity index (χ1v) is 13.2. The molecule has 1 aliphatic heterocycles. The molecule has 0 saturated heterocycles. The van der Waals surface area contributed by atoms with Crippen molar-refractivity contribution < 1.29 is 29.4 Å². The molecule has 0 saturated carbocycles. The quantitative estimate of drug-likeness (QED) is 0.272. The van der Waals surface area contributed by atoms with Crippen LogP contribution in [-0.4, -0.2) is 63.5 Å². The van der Waals surface area contributed by atoms with Gasteiger partial charge < -0.3 is 31.5 Å². The topological polar surface area (TPSA) is 162 Å². The van der Waals surface area contributed by atoms with E-state index in [0.717, 1.165) is 27.8 Å². The van der Waals surface area contributed by atoms with Crippen molar-refractivity contribution >= 4 is 23.7 Å². The Balaban J connectivity index is 1.77. The van der Waals surface area contributed by atoms with Gasteiger partial charge in [-0.1, -0.05) is 24.3 Å². The number of nitrogens with zero attached hydrogens (tertiary/aromatic N) is 1. The van der Waals surface area contributed by atoms with Crippen LogP contribution in [0.3, 0.4) is 0 Å². The highest BCUT2D eigenvalue weighted by molar-refractivity contribution is 5.92. The minimum atomic E-state index is -1.16. The monoisotopic (exact) mass is 538 g/mol. The number of rotatable bonds is 11. The number of nitrogens with two attached hydrogens (primary N) is 1. The summed E-state index contributed by atoms with van der Waals surface area (Å²) < 4.78 is 0. The second-order valence-corrected chi connectivity index (χ2v) is 10.2. The van der Waals surface area contributed by atoms with Gasteiger partial charge in [-0.25, -0.2) is 4.79 Å². The molecule has 0 radical (unpaired) electrons. The molecule has 210 valence electrons. The van der Waals surface area contributed by atoms with E-state index in [9.17, 15) is 29.4 Å². The van der Waals surface area contributed by atoms with Crippen molar-refractivity contribution in [3.8, 4) is 5.75 Å². The number of fused-ring (bicyclic) bond motifs is 1. The number of carboxylic acid groups (broad SMARTS) is 1. The molecule has 10 nitrogen and oxygen atoms in total. The van der Waals surface area contributed by atoms with Gasteiger partial charge in [0.15, 0.2) is 0 Å². The summed E-state index contributed by atoms with van der Waals surface area (Å²) in [6, 6.07) is 7.80. The first kappa shape index (κ1) is 29.6. The zero-order valence-corrected chi connectivity index (χ0v) is 22.7. The van der Waals surface area contributed by atoms with Gasteiger partial charge >= 0.3 is 5.97 Å². The van der Waals surface area contributed by atoms with E-state index in [1.807, 2.05) is 38.1 Å². The third kappa shape index (κ3) is 7.79. The van der Waals surface area contributed by atoms with Gasteiger partial charge in [-0.05, 0) is 79.5 Å². The summed E-state index contributed by atoms with van der Waals surface area (Å²) in [7, 11) is 0. The molecule has 1 heterocycles. The summed E-state index contributed by atoms with van der Waals surface area (Å²) in [6.07, 6.45) is 1.73. The largest absolute Gasteiger partial charge is 0.508 e. The maximum Gasteiger partial charge on any atom is 0.326 e. The Hall–Kier alpha value is -3.92. The van der Waals surface area contributed by atoms with Crippen LogP contribution in [0.15, 0.2) is 36.4 Å². The second kappa shape index (κ2) is 13.2. The Bertz CT molecular complexity index is 1210. The number of nitrogens with one attached hydrogen (secondary N) is 2. The van der Waals surface area contributed by atoms with E-state index in [0.29, 0.717) is 19.4 Å². The molecular weight excluding hydrogens is 500 g/mol. The van der Waals surface area contributed by atoms with Crippen molar-refractivity contribution in [2.75, 3.05) is 6.54 Å². The fraction of sp³-hybridized carbons (Fsp3) is 0.448. The molecule has 10 heteroatoms. The van der Waals surface area contributed by atoms with Gasteiger partial charge in [0.1, 0.15) is 17.8 Å². The SMILES string of the molecule is CC(=O)NCCCC[C@H](NC(=O)C1Cc2ccccc2CN1C(=O)C(N)Cc1c(C)cc(O)cc1C)C(=O)O. The smallest absolute Gasteiger partial charge is 0.326 e. The second-order valence-electron chi connectivity index (χ2n) is 10.2. The highest BCUT2D eigenvalue weighted by atomic mass is 16.4. The number of aliphatic carboxylic acids is 1. The van der Waals surface area contributed by atoms with E-state index in [1.165, 1.54) is 11.8 Å². The number of benzene rings is 2. The zero-order chi connectivity index (χ0) is 28.7. The molecular formula is C29H38N4O6. The third-order valence-corrected chi connectivity index (χ3v) is 7.16. The average molecular weight is 539 g/mol. The summed E-state index contributed by atoms with van der Waals surface area (Å²) in [6.45, 7) is 5.70. The average Bonchev–Trinajstić information content (AvgIpc) is 2.88. The molecule has 6 N–H and O–H groups in total. The van der Waals surface area contributed by atoms with Crippen molar-refractivity contribution in [1.82, 2.24) is 15.5 Å². The molecule has 0 bridgehead atoms. The Morgan fingerprint density at radius 3 is 2.33 bits per heavy atom. The number of aryl methyl sites for hydroxylation is 2. The zero-order valence-electron chi connectivity index (χ0n) is 22.7. The molecule has 1 aliphatic rings. The summed E-state index contributed by atoms with van der Waals surface area (Å²) in [5.41, 5.74) is 10.7. The van der Waals surface area contributed by atoms with Crippen molar-refractivity contribution in [2.24, 2.45) is 5.73 Å². The van der Waals surface area contributed by atoms with Crippen molar-refractivity contribution in [1.29, 1.82) is 0 Å². The number of phenols is 1. The van der Waals surface area contributed by atoms with E-state index in [-0.39, 0.29) is 37.5 Å². The molecule has 3 amide bonds. The van der Waals surface area contributed by atoms with Crippen molar-refractivity contribution in [3.63, 3.8) is 0 Å². The van der Waals surface area contributed by atoms with Crippen LogP contribution in [0.5, 0.6) is 5.75 Å². The summed E-state index contributed by atoms with van der Waals surface area (Å²) >= 11 is 0. The Morgan fingerprint density at radius 1 is 1.08 bits per heavy atom. The lowest BCUT2D eigenvalue weighted by Gasteiger charge is -2.38. The van der Waals surface area contributed by atoms with E-state index >= 15 is 0 Å². The van der Waals surface area contributed by atoms with Gasteiger partial charge in [-0.2, -0.15) is 0 Å². The molecule has 2 aromatic carbocycles. The van der Waals surface area contributed by atoms with E-state index in [1.54, 1.807) is 12.1 Å². The molecule has 2 unspecified atom stereocenters. The molecule has 39 heavy (non-hydrogen) atoms. The van der Waals surface area contributed by atoms with E-state index in [4.69, 9.17) is 5.73 Å². The minimum Gasteiger partial charge on any atom is -0.508 e. The predicted molar refractivity (Wildman–Crippen MR) is 146 cm³/mol. The van der Waals surface area contributed by atoms with Crippen LogP contribution < -0.4 is 16.4 Å². The molecule has 3 atom stereocenters. The number of unbranched alkanes of at least 4 members (excludes halogenated alkanes) is 1. The normalized spacial score (nSPS) is 16.1. The van der Waals surface area contributed by atoms with Gasteiger partial charge in [-0.15, -0.1) is 0 Å². The minimum absolute atomic E-state index is 0.140. The first-order chi connectivity index (χ1) is 18.5. The molecule has 0 aliphatic carbocycles. The third-order valence-electron chi connectivity index (χ3n) is 7.16. The number of carboxylic acids is 1. The lowest BCUT2D eigenvalue weighted by molar-refractivity contribution is -0.146. The number of amides is 3. The Labute approximate surface area is 228 Å². The fourth-order valence-corrected chi connectivity index (χ4v) is 5.06. The number of phenolic OH excluding ortho intramolecular Hbond substituents is 1. The van der Waals surface area contributed by atoms with Crippen LogP contribution in [0.2, 0.25) is 0 Å². The summed E-state index contributed by atoms with van der Waals surface area (Å²) in [5, 5.41) is 24.9. The molecule has 3 rings (SSSR count). The lowest BCUT2D eigenvalue weighted by Crippen LogP contribution is -2.58. The van der Waals surface area contributed by atoms with Crippen LogP contribution in [0.1, 0.15) is 54.0 Å². The number of carbonyl (C=O) groups excluding carboxylic acids is 3. The van der Waals surface area contributed by atoms with Crippen molar-refractivity contribution in [3.05, 3.63) is 64.2 Å². The van der Waals surface area contributed by atoms with Crippen molar-refractivity contribution in [2.45, 2.75) is 77.5 Å². The van der Waals surface area contributed by atoms with Crippen LogP contribution in [0, 0.1) is 13.8 Å². The molecule has 2 aromatic rings. The number of hydrogen-bond acceptors (Lipinski definition) is 6. The summed E-state index contributed by atoms with van der Waals surface area (Å²) in [5.74, 6) is -2.13. The standard InChI is InChI=1S/C29H38N4O6/c1-17-12-22(35)13-18(2)23(17)15-24(30)28(37)33-16-21-9-5-4-8-20(21)14-26(33)27(36)32-25(29(38)39)10-6-7-11-31-19(3)34/h4-5,8-9,12-13,24-26,35H,6-7,10-11,14-16,30H2,1-3H3,(H,31,34)(H,32,36)(H,38,39)/t24?,25-,26?/m0/s1. The lowest BCUT2D eigenvalue weighted by atomic mass is 9.91. The number of aromatic hydroxyl groups is 1.